The number of anilines is 2. The number of hydrogen-bond donors (Lipinski definition) is 2. The molecule has 1 aromatic heterocycles. The van der Waals surface area contributed by atoms with Gasteiger partial charge in [-0.15, -0.1) is 11.3 Å². The molecule has 0 radical (unpaired) electrons. The van der Waals surface area contributed by atoms with E-state index in [4.69, 9.17) is 0 Å². The molecule has 0 unspecified atom stereocenters. The third kappa shape index (κ3) is 6.64. The van der Waals surface area contributed by atoms with Crippen LogP contribution >= 0.6 is 11.3 Å². The minimum absolute atomic E-state index is 0.229. The number of urea groups is 1. The number of unbranched alkanes of at least 4 members (excludes halogenated alkanes) is 1. The van der Waals surface area contributed by atoms with E-state index in [0.29, 0.717) is 31.2 Å². The highest BCUT2D eigenvalue weighted by molar-refractivity contribution is 7.17. The summed E-state index contributed by atoms with van der Waals surface area (Å²) >= 11 is 1.55. The second kappa shape index (κ2) is 11.4. The normalized spacial score (nSPS) is 15.2. The summed E-state index contributed by atoms with van der Waals surface area (Å²) < 4.78 is 66.6. The molecule has 2 aromatic carbocycles. The van der Waals surface area contributed by atoms with Crippen LogP contribution in [-0.2, 0) is 6.18 Å². The van der Waals surface area contributed by atoms with Crippen molar-refractivity contribution in [1.29, 1.82) is 0 Å². The summed E-state index contributed by atoms with van der Waals surface area (Å²) in [6.07, 6.45) is -2.11. The molecule has 1 aliphatic heterocycles. The van der Waals surface area contributed by atoms with Gasteiger partial charge in [-0.3, -0.25) is 0 Å². The number of rotatable bonds is 7. The van der Waals surface area contributed by atoms with Gasteiger partial charge in [-0.05, 0) is 68.8 Å². The predicted molar refractivity (Wildman–Crippen MR) is 133 cm³/mol. The van der Waals surface area contributed by atoms with Crippen molar-refractivity contribution in [2.75, 3.05) is 49.5 Å². The summed E-state index contributed by atoms with van der Waals surface area (Å²) in [5.74, 6) is -1.16. The largest absolute Gasteiger partial charge is 0.416 e. The molecule has 3 aromatic rings. The SMILES string of the molecule is O=C(NCCCCN1CCCN(c2csc3cc(F)ccc23)CC1)Nc1cc(C(F)(F)F)ccc1F. The number of carbonyl (C=O) groups excluding carboxylic acids is 1. The first kappa shape index (κ1) is 26.2. The van der Waals surface area contributed by atoms with Gasteiger partial charge in [0.2, 0.25) is 0 Å². The second-order valence-corrected chi connectivity index (χ2v) is 9.64. The highest BCUT2D eigenvalue weighted by atomic mass is 32.1. The molecule has 2 heterocycles. The van der Waals surface area contributed by atoms with Gasteiger partial charge in [-0.1, -0.05) is 0 Å². The van der Waals surface area contributed by atoms with Crippen LogP contribution < -0.4 is 15.5 Å². The molecule has 1 aliphatic rings. The summed E-state index contributed by atoms with van der Waals surface area (Å²) in [6, 6.07) is 6.04. The summed E-state index contributed by atoms with van der Waals surface area (Å²) in [7, 11) is 0. The van der Waals surface area contributed by atoms with Crippen molar-refractivity contribution in [2.45, 2.75) is 25.4 Å². The number of fused-ring (bicyclic) bond motifs is 1. The Bertz CT molecular complexity index is 1200. The van der Waals surface area contributed by atoms with E-state index in [9.17, 15) is 26.7 Å². The van der Waals surface area contributed by atoms with Gasteiger partial charge < -0.3 is 20.4 Å². The van der Waals surface area contributed by atoms with Crippen LogP contribution in [-0.4, -0.2) is 50.2 Å². The zero-order chi connectivity index (χ0) is 25.7. The average Bonchev–Trinajstić information content (AvgIpc) is 3.09. The Balaban J connectivity index is 1.18. The van der Waals surface area contributed by atoms with Gasteiger partial charge in [0.15, 0.2) is 0 Å². The number of nitrogens with zero attached hydrogens (tertiary/aromatic N) is 2. The highest BCUT2D eigenvalue weighted by Gasteiger charge is 2.31. The number of carbonyl (C=O) groups is 1. The van der Waals surface area contributed by atoms with Crippen LogP contribution in [0.1, 0.15) is 24.8 Å². The van der Waals surface area contributed by atoms with Crippen LogP contribution in [0, 0.1) is 11.6 Å². The summed E-state index contributed by atoms with van der Waals surface area (Å²) in [4.78, 5) is 16.7. The van der Waals surface area contributed by atoms with Crippen molar-refractivity contribution < 1.29 is 26.7 Å². The van der Waals surface area contributed by atoms with Gasteiger partial charge in [-0.25, -0.2) is 13.6 Å². The Hall–Kier alpha value is -2.92. The fraction of sp³-hybridized carbons (Fsp3) is 0.400. The fourth-order valence-electron chi connectivity index (χ4n) is 4.29. The molecule has 4 rings (SSSR count). The molecule has 1 saturated heterocycles. The van der Waals surface area contributed by atoms with E-state index in [-0.39, 0.29) is 5.82 Å². The van der Waals surface area contributed by atoms with Crippen LogP contribution in [0.2, 0.25) is 0 Å². The molecule has 11 heteroatoms. The molecule has 5 nitrogen and oxygen atoms in total. The smallest absolute Gasteiger partial charge is 0.369 e. The van der Waals surface area contributed by atoms with Crippen molar-refractivity contribution in [3.63, 3.8) is 0 Å². The standard InChI is InChI=1S/C25H27F5N4OS/c26-18-5-6-19-22(16-36-23(19)15-18)34-11-3-10-33(12-13-34)9-2-1-8-31-24(35)32-21-14-17(25(28,29)30)4-7-20(21)27/h4-7,14-16H,1-3,8-13H2,(H2,31,32,35). The lowest BCUT2D eigenvalue weighted by Gasteiger charge is -2.23. The van der Waals surface area contributed by atoms with Gasteiger partial charge in [0, 0.05) is 41.6 Å². The Labute approximate surface area is 209 Å². The number of benzene rings is 2. The molecular weight excluding hydrogens is 499 g/mol. The molecule has 36 heavy (non-hydrogen) atoms. The zero-order valence-corrected chi connectivity index (χ0v) is 20.3. The summed E-state index contributed by atoms with van der Waals surface area (Å²) in [5.41, 5.74) is -0.402. The van der Waals surface area contributed by atoms with Gasteiger partial charge in [0.1, 0.15) is 11.6 Å². The maximum atomic E-state index is 13.8. The molecule has 2 amide bonds. The van der Waals surface area contributed by atoms with E-state index >= 15 is 0 Å². The molecular formula is C25H27F5N4OS. The van der Waals surface area contributed by atoms with E-state index in [1.165, 1.54) is 6.07 Å². The van der Waals surface area contributed by atoms with Crippen LogP contribution in [0.3, 0.4) is 0 Å². The average molecular weight is 527 g/mol. The summed E-state index contributed by atoms with van der Waals surface area (Å²) in [6.45, 7) is 4.82. The topological polar surface area (TPSA) is 47.6 Å². The van der Waals surface area contributed by atoms with E-state index in [0.717, 1.165) is 61.3 Å². The maximum absolute atomic E-state index is 13.8. The Morgan fingerprint density at radius 2 is 1.83 bits per heavy atom. The Kier molecular flexibility index (Phi) is 8.30. The fourth-order valence-corrected chi connectivity index (χ4v) is 5.29. The molecule has 0 bridgehead atoms. The quantitative estimate of drug-likeness (QED) is 0.280. The second-order valence-electron chi connectivity index (χ2n) is 8.72. The number of amides is 2. The highest BCUT2D eigenvalue weighted by Crippen LogP contribution is 2.34. The molecule has 0 saturated carbocycles. The van der Waals surface area contributed by atoms with E-state index in [1.54, 1.807) is 17.4 Å². The van der Waals surface area contributed by atoms with E-state index in [1.807, 2.05) is 6.07 Å². The molecule has 0 spiro atoms. The number of thiophene rings is 1. The molecule has 2 N–H and O–H groups in total. The minimum Gasteiger partial charge on any atom is -0.369 e. The lowest BCUT2D eigenvalue weighted by molar-refractivity contribution is -0.137. The first-order chi connectivity index (χ1) is 17.2. The van der Waals surface area contributed by atoms with Gasteiger partial charge in [-0.2, -0.15) is 13.2 Å². The Morgan fingerprint density at radius 3 is 2.64 bits per heavy atom. The van der Waals surface area contributed by atoms with E-state index < -0.39 is 29.3 Å². The third-order valence-corrected chi connectivity index (χ3v) is 7.11. The van der Waals surface area contributed by atoms with Crippen LogP contribution in [0.5, 0.6) is 0 Å². The molecule has 194 valence electrons. The van der Waals surface area contributed by atoms with Crippen molar-refractivity contribution >= 4 is 38.8 Å². The number of halogens is 5. The lowest BCUT2D eigenvalue weighted by atomic mass is 10.2. The Morgan fingerprint density at radius 1 is 1.00 bits per heavy atom. The van der Waals surface area contributed by atoms with E-state index in [2.05, 4.69) is 25.8 Å². The number of hydrogen-bond acceptors (Lipinski definition) is 4. The molecule has 0 atom stereocenters. The third-order valence-electron chi connectivity index (χ3n) is 6.17. The summed E-state index contributed by atoms with van der Waals surface area (Å²) in [5, 5.41) is 7.87. The van der Waals surface area contributed by atoms with Crippen LogP contribution in [0.25, 0.3) is 10.1 Å². The van der Waals surface area contributed by atoms with Gasteiger partial charge >= 0.3 is 12.2 Å². The zero-order valence-electron chi connectivity index (χ0n) is 19.5. The van der Waals surface area contributed by atoms with Crippen molar-refractivity contribution in [2.24, 2.45) is 0 Å². The first-order valence-corrected chi connectivity index (χ1v) is 12.6. The van der Waals surface area contributed by atoms with Crippen molar-refractivity contribution in [3.8, 4) is 0 Å². The minimum atomic E-state index is -4.62. The molecule has 1 fully saturated rings. The monoisotopic (exact) mass is 526 g/mol. The molecule has 0 aliphatic carbocycles. The van der Waals surface area contributed by atoms with Crippen LogP contribution in [0.15, 0.2) is 41.8 Å². The van der Waals surface area contributed by atoms with Crippen molar-refractivity contribution in [3.05, 3.63) is 59.0 Å². The van der Waals surface area contributed by atoms with Gasteiger partial charge in [0.25, 0.3) is 0 Å². The van der Waals surface area contributed by atoms with Gasteiger partial charge in [0.05, 0.1) is 16.9 Å². The first-order valence-electron chi connectivity index (χ1n) is 11.8. The van der Waals surface area contributed by atoms with Crippen LogP contribution in [0.4, 0.5) is 38.1 Å². The predicted octanol–water partition coefficient (Wildman–Crippen LogP) is 6.31. The lowest BCUT2D eigenvalue weighted by Crippen LogP contribution is -2.32. The number of nitrogens with one attached hydrogen (secondary N) is 2. The number of alkyl halides is 3. The van der Waals surface area contributed by atoms with Crippen molar-refractivity contribution in [1.82, 2.24) is 10.2 Å². The maximum Gasteiger partial charge on any atom is 0.416 e.